The van der Waals surface area contributed by atoms with Crippen molar-refractivity contribution in [3.8, 4) is 0 Å². The number of carboxylic acids is 1. The minimum absolute atomic E-state index is 0.254. The van der Waals surface area contributed by atoms with Gasteiger partial charge in [-0.25, -0.2) is 4.79 Å². The van der Waals surface area contributed by atoms with Crippen LogP contribution >= 0.6 is 15.9 Å². The first-order chi connectivity index (χ1) is 8.08. The largest absolute Gasteiger partial charge is 0.479 e. The van der Waals surface area contributed by atoms with E-state index in [1.807, 2.05) is 31.2 Å². The van der Waals surface area contributed by atoms with Gasteiger partial charge >= 0.3 is 5.97 Å². The smallest absolute Gasteiger partial charge is 0.329 e. The van der Waals surface area contributed by atoms with Gasteiger partial charge in [-0.15, -0.1) is 0 Å². The molecule has 1 unspecified atom stereocenters. The zero-order valence-corrected chi connectivity index (χ0v) is 11.3. The number of aliphatic carboxylic acids is 1. The number of hydrogen-bond donors (Lipinski definition) is 2. The summed E-state index contributed by atoms with van der Waals surface area (Å²) in [6.45, 7) is 1.93. The van der Waals surface area contributed by atoms with Gasteiger partial charge in [-0.2, -0.15) is 0 Å². The Morgan fingerprint density at radius 2 is 2.29 bits per heavy atom. The Labute approximate surface area is 109 Å². The zero-order chi connectivity index (χ0) is 12.5. The molecule has 0 bridgehead atoms. The molecular weight excluding hydrogens is 282 g/mol. The van der Waals surface area contributed by atoms with Crippen molar-refractivity contribution in [2.45, 2.75) is 31.7 Å². The van der Waals surface area contributed by atoms with Gasteiger partial charge < -0.3 is 10.4 Å². The molecule has 1 atom stereocenters. The number of carbonyl (C=O) groups is 1. The summed E-state index contributed by atoms with van der Waals surface area (Å²) in [5.41, 5.74) is 0.0522. The van der Waals surface area contributed by atoms with Crippen LogP contribution in [0.2, 0.25) is 0 Å². The van der Waals surface area contributed by atoms with Gasteiger partial charge in [0.05, 0.1) is 0 Å². The number of carboxylic acid groups (broad SMARTS) is 1. The molecule has 0 radical (unpaired) electrons. The molecular formula is C13H16BrNO2. The first-order valence-electron chi connectivity index (χ1n) is 5.85. The van der Waals surface area contributed by atoms with Crippen LogP contribution in [0.15, 0.2) is 28.7 Å². The van der Waals surface area contributed by atoms with Gasteiger partial charge in [0, 0.05) is 10.2 Å². The van der Waals surface area contributed by atoms with Crippen molar-refractivity contribution in [3.63, 3.8) is 0 Å². The highest BCUT2D eigenvalue weighted by Crippen LogP contribution is 2.43. The van der Waals surface area contributed by atoms with E-state index >= 15 is 0 Å². The van der Waals surface area contributed by atoms with Gasteiger partial charge in [0.1, 0.15) is 5.54 Å². The first-order valence-corrected chi connectivity index (χ1v) is 6.65. The van der Waals surface area contributed by atoms with Crippen LogP contribution in [-0.2, 0) is 4.79 Å². The summed E-state index contributed by atoms with van der Waals surface area (Å²) in [5.74, 6) is -0.494. The van der Waals surface area contributed by atoms with Gasteiger partial charge in [-0.05, 0) is 43.4 Å². The standard InChI is InChI=1S/C13H16BrNO2/c1-2-13(12(16)17,9-6-7-9)15-11-5-3-4-10(14)8-11/h3-5,8-9,15H,2,6-7H2,1H3,(H,16,17). The Bertz CT molecular complexity index is 431. The molecule has 3 nitrogen and oxygen atoms in total. The highest BCUT2D eigenvalue weighted by Gasteiger charge is 2.50. The fourth-order valence-corrected chi connectivity index (χ4v) is 2.66. The average Bonchev–Trinajstić information content (AvgIpc) is 3.09. The minimum atomic E-state index is -0.805. The number of halogens is 1. The maximum Gasteiger partial charge on any atom is 0.329 e. The van der Waals surface area contributed by atoms with E-state index in [-0.39, 0.29) is 5.92 Å². The van der Waals surface area contributed by atoms with E-state index < -0.39 is 11.5 Å². The molecule has 0 heterocycles. The second kappa shape index (κ2) is 4.69. The molecule has 0 saturated heterocycles. The summed E-state index contributed by atoms with van der Waals surface area (Å²) in [6.07, 6.45) is 2.60. The second-order valence-corrected chi connectivity index (χ2v) is 5.46. The summed E-state index contributed by atoms with van der Waals surface area (Å²) in [6, 6.07) is 7.65. The van der Waals surface area contributed by atoms with Crippen molar-refractivity contribution in [3.05, 3.63) is 28.7 Å². The zero-order valence-electron chi connectivity index (χ0n) is 9.74. The first kappa shape index (κ1) is 12.4. The van der Waals surface area contributed by atoms with Crippen LogP contribution < -0.4 is 5.32 Å². The highest BCUT2D eigenvalue weighted by atomic mass is 79.9. The van der Waals surface area contributed by atoms with Crippen molar-refractivity contribution >= 4 is 27.6 Å². The topological polar surface area (TPSA) is 49.3 Å². The number of rotatable bonds is 5. The second-order valence-electron chi connectivity index (χ2n) is 4.54. The summed E-state index contributed by atoms with van der Waals surface area (Å²) in [5, 5.41) is 12.7. The molecule has 2 rings (SSSR count). The molecule has 0 spiro atoms. The van der Waals surface area contributed by atoms with Gasteiger partial charge in [0.15, 0.2) is 0 Å². The maximum absolute atomic E-state index is 11.5. The maximum atomic E-state index is 11.5. The van der Waals surface area contributed by atoms with Crippen molar-refractivity contribution in [2.75, 3.05) is 5.32 Å². The third-order valence-corrected chi connectivity index (χ3v) is 3.90. The lowest BCUT2D eigenvalue weighted by Gasteiger charge is -2.30. The van der Waals surface area contributed by atoms with Crippen molar-refractivity contribution in [1.82, 2.24) is 0 Å². The molecule has 92 valence electrons. The van der Waals surface area contributed by atoms with E-state index in [0.29, 0.717) is 6.42 Å². The van der Waals surface area contributed by atoms with Gasteiger partial charge in [0.25, 0.3) is 0 Å². The minimum Gasteiger partial charge on any atom is -0.479 e. The van der Waals surface area contributed by atoms with E-state index in [4.69, 9.17) is 0 Å². The molecule has 1 aliphatic carbocycles. The fourth-order valence-electron chi connectivity index (χ4n) is 2.26. The lowest BCUT2D eigenvalue weighted by atomic mass is 9.89. The molecule has 1 aromatic carbocycles. The van der Waals surface area contributed by atoms with Crippen molar-refractivity contribution < 1.29 is 9.90 Å². The van der Waals surface area contributed by atoms with Crippen LogP contribution in [0.5, 0.6) is 0 Å². The Kier molecular flexibility index (Phi) is 3.43. The molecule has 0 amide bonds. The van der Waals surface area contributed by atoms with Crippen molar-refractivity contribution in [1.29, 1.82) is 0 Å². The van der Waals surface area contributed by atoms with Gasteiger partial charge in [-0.3, -0.25) is 0 Å². The third-order valence-electron chi connectivity index (χ3n) is 3.41. The van der Waals surface area contributed by atoms with Crippen LogP contribution in [0.1, 0.15) is 26.2 Å². The highest BCUT2D eigenvalue weighted by molar-refractivity contribution is 9.10. The fraction of sp³-hybridized carbons (Fsp3) is 0.462. The van der Waals surface area contributed by atoms with E-state index in [0.717, 1.165) is 23.0 Å². The van der Waals surface area contributed by atoms with Crippen LogP contribution in [0, 0.1) is 5.92 Å². The lowest BCUT2D eigenvalue weighted by molar-refractivity contribution is -0.143. The van der Waals surface area contributed by atoms with Gasteiger partial charge in [-0.1, -0.05) is 28.9 Å². The molecule has 1 aromatic rings. The molecule has 17 heavy (non-hydrogen) atoms. The lowest BCUT2D eigenvalue weighted by Crippen LogP contribution is -2.48. The molecule has 1 fully saturated rings. The van der Waals surface area contributed by atoms with Crippen LogP contribution in [0.25, 0.3) is 0 Å². The molecule has 4 heteroatoms. The third kappa shape index (κ3) is 2.46. The molecule has 0 aromatic heterocycles. The molecule has 1 saturated carbocycles. The molecule has 2 N–H and O–H groups in total. The number of anilines is 1. The predicted octanol–water partition coefficient (Wildman–Crippen LogP) is 3.50. The SMILES string of the molecule is CCC(Nc1cccc(Br)c1)(C(=O)O)C1CC1. The summed E-state index contributed by atoms with van der Waals surface area (Å²) in [7, 11) is 0. The summed E-state index contributed by atoms with van der Waals surface area (Å²) >= 11 is 3.39. The van der Waals surface area contributed by atoms with E-state index in [2.05, 4.69) is 21.2 Å². The van der Waals surface area contributed by atoms with Gasteiger partial charge in [0.2, 0.25) is 0 Å². The van der Waals surface area contributed by atoms with Crippen LogP contribution in [-0.4, -0.2) is 16.6 Å². The Morgan fingerprint density at radius 3 is 2.76 bits per heavy atom. The predicted molar refractivity (Wildman–Crippen MR) is 71.1 cm³/mol. The summed E-state index contributed by atoms with van der Waals surface area (Å²) < 4.78 is 0.952. The number of nitrogens with one attached hydrogen (secondary N) is 1. The van der Waals surface area contributed by atoms with Crippen LogP contribution in [0.3, 0.4) is 0 Å². The molecule has 0 aliphatic heterocycles. The quantitative estimate of drug-likeness (QED) is 0.874. The Balaban J connectivity index is 2.26. The Hall–Kier alpha value is -1.03. The van der Waals surface area contributed by atoms with Crippen LogP contribution in [0.4, 0.5) is 5.69 Å². The average molecular weight is 298 g/mol. The number of hydrogen-bond acceptors (Lipinski definition) is 2. The number of benzene rings is 1. The monoisotopic (exact) mass is 297 g/mol. The Morgan fingerprint density at radius 1 is 1.59 bits per heavy atom. The van der Waals surface area contributed by atoms with E-state index in [1.54, 1.807) is 0 Å². The van der Waals surface area contributed by atoms with E-state index in [1.165, 1.54) is 0 Å². The normalized spacial score (nSPS) is 18.5. The summed E-state index contributed by atoms with van der Waals surface area (Å²) in [4.78, 5) is 11.5. The van der Waals surface area contributed by atoms with E-state index in [9.17, 15) is 9.90 Å². The van der Waals surface area contributed by atoms with Crippen molar-refractivity contribution in [2.24, 2.45) is 5.92 Å². The molecule has 1 aliphatic rings.